The molecule has 1 heterocycles. The SMILES string of the molecule is CN(c1ccccc1)C1OCCO1. The van der Waals surface area contributed by atoms with E-state index in [9.17, 15) is 0 Å². The van der Waals surface area contributed by atoms with Gasteiger partial charge in [0.05, 0.1) is 13.2 Å². The van der Waals surface area contributed by atoms with Crippen molar-refractivity contribution in [1.29, 1.82) is 0 Å². The van der Waals surface area contributed by atoms with Crippen LogP contribution in [0.15, 0.2) is 30.3 Å². The lowest BCUT2D eigenvalue weighted by Gasteiger charge is -2.24. The van der Waals surface area contributed by atoms with E-state index in [1.165, 1.54) is 0 Å². The zero-order valence-corrected chi connectivity index (χ0v) is 7.64. The van der Waals surface area contributed by atoms with Gasteiger partial charge in [-0.1, -0.05) is 18.2 Å². The molecule has 0 N–H and O–H groups in total. The molecule has 0 spiro atoms. The van der Waals surface area contributed by atoms with E-state index in [0.717, 1.165) is 5.69 Å². The summed E-state index contributed by atoms with van der Waals surface area (Å²) in [5.74, 6) is 0. The zero-order chi connectivity index (χ0) is 9.10. The Balaban J connectivity index is 2.08. The van der Waals surface area contributed by atoms with Crippen molar-refractivity contribution in [3.8, 4) is 0 Å². The topological polar surface area (TPSA) is 21.7 Å². The van der Waals surface area contributed by atoms with Gasteiger partial charge in [0, 0.05) is 12.7 Å². The third-order valence-electron chi connectivity index (χ3n) is 2.08. The van der Waals surface area contributed by atoms with Crippen molar-refractivity contribution in [2.45, 2.75) is 6.41 Å². The standard InChI is InChI=1S/C10H13NO2/c1-11(10-12-7-8-13-10)9-5-3-2-4-6-9/h2-6,10H,7-8H2,1H3. The molecule has 0 bridgehead atoms. The van der Waals surface area contributed by atoms with E-state index in [-0.39, 0.29) is 6.41 Å². The fourth-order valence-electron chi connectivity index (χ4n) is 1.35. The predicted octanol–water partition coefficient (Wildman–Crippen LogP) is 1.45. The smallest absolute Gasteiger partial charge is 0.240 e. The third-order valence-corrected chi connectivity index (χ3v) is 2.08. The van der Waals surface area contributed by atoms with Crippen LogP contribution in [-0.4, -0.2) is 26.7 Å². The maximum atomic E-state index is 5.37. The van der Waals surface area contributed by atoms with Gasteiger partial charge in [-0.05, 0) is 12.1 Å². The second-order valence-electron chi connectivity index (χ2n) is 3.00. The van der Waals surface area contributed by atoms with Crippen LogP contribution < -0.4 is 4.90 Å². The minimum atomic E-state index is -0.220. The summed E-state index contributed by atoms with van der Waals surface area (Å²) in [6, 6.07) is 10.1. The van der Waals surface area contributed by atoms with E-state index in [1.807, 2.05) is 42.3 Å². The number of rotatable bonds is 2. The molecular formula is C10H13NO2. The molecule has 0 saturated carbocycles. The molecule has 13 heavy (non-hydrogen) atoms. The second kappa shape index (κ2) is 3.77. The van der Waals surface area contributed by atoms with E-state index in [4.69, 9.17) is 9.47 Å². The molecule has 1 aliphatic rings. The number of nitrogens with zero attached hydrogens (tertiary/aromatic N) is 1. The molecule has 0 aromatic heterocycles. The Morgan fingerprint density at radius 1 is 1.15 bits per heavy atom. The minimum Gasteiger partial charge on any atom is -0.333 e. The molecular weight excluding hydrogens is 166 g/mol. The highest BCUT2D eigenvalue weighted by atomic mass is 16.7. The lowest BCUT2D eigenvalue weighted by molar-refractivity contribution is -0.0389. The molecule has 2 rings (SSSR count). The predicted molar refractivity (Wildman–Crippen MR) is 50.5 cm³/mol. The highest BCUT2D eigenvalue weighted by Gasteiger charge is 2.20. The van der Waals surface area contributed by atoms with Gasteiger partial charge in [-0.2, -0.15) is 0 Å². The third kappa shape index (κ3) is 1.82. The molecule has 0 aliphatic carbocycles. The monoisotopic (exact) mass is 179 g/mol. The first kappa shape index (κ1) is 8.53. The summed E-state index contributed by atoms with van der Waals surface area (Å²) in [4.78, 5) is 1.98. The van der Waals surface area contributed by atoms with E-state index < -0.39 is 0 Å². The summed E-state index contributed by atoms with van der Waals surface area (Å²) in [6.07, 6.45) is -0.220. The maximum Gasteiger partial charge on any atom is 0.240 e. The van der Waals surface area contributed by atoms with Crippen LogP contribution >= 0.6 is 0 Å². The molecule has 0 atom stereocenters. The van der Waals surface area contributed by atoms with Gasteiger partial charge in [0.1, 0.15) is 0 Å². The fraction of sp³-hybridized carbons (Fsp3) is 0.400. The molecule has 1 aromatic carbocycles. The molecule has 3 nitrogen and oxygen atoms in total. The maximum absolute atomic E-state index is 5.37. The van der Waals surface area contributed by atoms with E-state index >= 15 is 0 Å². The van der Waals surface area contributed by atoms with Crippen LogP contribution in [0, 0.1) is 0 Å². The van der Waals surface area contributed by atoms with Crippen LogP contribution in [0.25, 0.3) is 0 Å². The van der Waals surface area contributed by atoms with Crippen molar-refractivity contribution < 1.29 is 9.47 Å². The van der Waals surface area contributed by atoms with Gasteiger partial charge in [-0.3, -0.25) is 0 Å². The average molecular weight is 179 g/mol. The normalized spacial score (nSPS) is 17.6. The fourth-order valence-corrected chi connectivity index (χ4v) is 1.35. The molecule has 70 valence electrons. The summed E-state index contributed by atoms with van der Waals surface area (Å²) in [5, 5.41) is 0. The molecule has 3 heteroatoms. The summed E-state index contributed by atoms with van der Waals surface area (Å²) < 4.78 is 10.7. The van der Waals surface area contributed by atoms with Crippen molar-refractivity contribution in [2.24, 2.45) is 0 Å². The van der Waals surface area contributed by atoms with Gasteiger partial charge < -0.3 is 14.4 Å². The lowest BCUT2D eigenvalue weighted by atomic mass is 10.3. The molecule has 1 aromatic rings. The van der Waals surface area contributed by atoms with Crippen LogP contribution in [0.2, 0.25) is 0 Å². The van der Waals surface area contributed by atoms with Gasteiger partial charge >= 0.3 is 0 Å². The van der Waals surface area contributed by atoms with Gasteiger partial charge in [0.25, 0.3) is 0 Å². The number of hydrogen-bond acceptors (Lipinski definition) is 3. The van der Waals surface area contributed by atoms with Gasteiger partial charge in [0.2, 0.25) is 6.41 Å². The molecule has 1 saturated heterocycles. The quantitative estimate of drug-likeness (QED) is 0.686. The summed E-state index contributed by atoms with van der Waals surface area (Å²) in [6.45, 7) is 1.36. The van der Waals surface area contributed by atoms with Crippen molar-refractivity contribution >= 4 is 5.69 Å². The Bertz CT molecular complexity index is 257. The summed E-state index contributed by atoms with van der Waals surface area (Å²) in [5.41, 5.74) is 1.11. The minimum absolute atomic E-state index is 0.220. The summed E-state index contributed by atoms with van der Waals surface area (Å²) >= 11 is 0. The van der Waals surface area contributed by atoms with Crippen molar-refractivity contribution in [3.63, 3.8) is 0 Å². The molecule has 1 fully saturated rings. The van der Waals surface area contributed by atoms with Crippen molar-refractivity contribution in [3.05, 3.63) is 30.3 Å². The van der Waals surface area contributed by atoms with Gasteiger partial charge in [-0.15, -0.1) is 0 Å². The number of benzene rings is 1. The molecule has 0 unspecified atom stereocenters. The van der Waals surface area contributed by atoms with Crippen LogP contribution in [0.4, 0.5) is 5.69 Å². The molecule has 1 aliphatic heterocycles. The van der Waals surface area contributed by atoms with Crippen LogP contribution in [0.1, 0.15) is 0 Å². The zero-order valence-electron chi connectivity index (χ0n) is 7.64. The Labute approximate surface area is 77.9 Å². The highest BCUT2D eigenvalue weighted by Crippen LogP contribution is 2.17. The molecule has 0 radical (unpaired) electrons. The Morgan fingerprint density at radius 3 is 2.38 bits per heavy atom. The number of para-hydroxylation sites is 1. The molecule has 0 amide bonds. The Hall–Kier alpha value is -1.06. The van der Waals surface area contributed by atoms with Crippen molar-refractivity contribution in [2.75, 3.05) is 25.2 Å². The average Bonchev–Trinajstić information content (AvgIpc) is 2.71. The van der Waals surface area contributed by atoms with Gasteiger partial charge in [0.15, 0.2) is 0 Å². The first-order valence-corrected chi connectivity index (χ1v) is 4.39. The van der Waals surface area contributed by atoms with E-state index in [2.05, 4.69) is 0 Å². The largest absolute Gasteiger partial charge is 0.333 e. The summed E-state index contributed by atoms with van der Waals surface area (Å²) in [7, 11) is 1.96. The van der Waals surface area contributed by atoms with Crippen LogP contribution in [-0.2, 0) is 9.47 Å². The van der Waals surface area contributed by atoms with E-state index in [0.29, 0.717) is 13.2 Å². The second-order valence-corrected chi connectivity index (χ2v) is 3.00. The number of hydrogen-bond donors (Lipinski definition) is 0. The van der Waals surface area contributed by atoms with E-state index in [1.54, 1.807) is 0 Å². The van der Waals surface area contributed by atoms with Crippen molar-refractivity contribution in [1.82, 2.24) is 0 Å². The Morgan fingerprint density at radius 2 is 1.77 bits per heavy atom. The first-order valence-electron chi connectivity index (χ1n) is 4.39. The Kier molecular flexibility index (Phi) is 2.47. The van der Waals surface area contributed by atoms with Crippen LogP contribution in [0.3, 0.4) is 0 Å². The number of ether oxygens (including phenoxy) is 2. The van der Waals surface area contributed by atoms with Gasteiger partial charge in [-0.25, -0.2) is 0 Å². The lowest BCUT2D eigenvalue weighted by Crippen LogP contribution is -2.31. The number of anilines is 1. The van der Waals surface area contributed by atoms with Crippen LogP contribution in [0.5, 0.6) is 0 Å². The first-order chi connectivity index (χ1) is 6.38. The highest BCUT2D eigenvalue weighted by molar-refractivity contribution is 5.45.